The lowest BCUT2D eigenvalue weighted by molar-refractivity contribution is -0.117. The molecule has 7 heteroatoms. The second kappa shape index (κ2) is 8.27. The summed E-state index contributed by atoms with van der Waals surface area (Å²) in [6.07, 6.45) is 2.30. The van der Waals surface area contributed by atoms with Gasteiger partial charge in [0.05, 0.1) is 11.4 Å². The second-order valence-corrected chi connectivity index (χ2v) is 6.26. The van der Waals surface area contributed by atoms with Crippen LogP contribution < -0.4 is 10.6 Å². The third-order valence-electron chi connectivity index (χ3n) is 4.11. The first kappa shape index (κ1) is 18.3. The number of nitrogens with one attached hydrogen (secondary N) is 3. The molecule has 3 N–H and O–H groups in total. The molecule has 0 aliphatic carbocycles. The summed E-state index contributed by atoms with van der Waals surface area (Å²) < 4.78 is 0. The molecule has 0 fully saturated rings. The van der Waals surface area contributed by atoms with Crippen molar-refractivity contribution in [1.82, 2.24) is 20.5 Å². The average Bonchev–Trinajstić information content (AvgIpc) is 3.13. The number of pyridine rings is 1. The molecule has 0 spiro atoms. The Hall–Kier alpha value is -3.48. The molecule has 7 nitrogen and oxygen atoms in total. The molecule has 0 saturated heterocycles. The Morgan fingerprint density at radius 3 is 2.67 bits per heavy atom. The predicted molar refractivity (Wildman–Crippen MR) is 102 cm³/mol. The van der Waals surface area contributed by atoms with E-state index in [1.54, 1.807) is 38.2 Å². The first-order chi connectivity index (χ1) is 13.0. The number of aromatic amines is 1. The Kier molecular flexibility index (Phi) is 5.61. The molecule has 27 heavy (non-hydrogen) atoms. The minimum atomic E-state index is -0.716. The normalized spacial score (nSPS) is 11.6. The lowest BCUT2D eigenvalue weighted by Crippen LogP contribution is -2.41. The lowest BCUT2D eigenvalue weighted by atomic mass is 10.1. The molecule has 138 valence electrons. The molecule has 2 amide bonds. The first-order valence-electron chi connectivity index (χ1n) is 8.64. The number of aromatic nitrogens is 3. The lowest BCUT2D eigenvalue weighted by Gasteiger charge is -2.14. The second-order valence-electron chi connectivity index (χ2n) is 6.26. The van der Waals surface area contributed by atoms with Gasteiger partial charge in [-0.05, 0) is 37.6 Å². The number of carbonyl (C=O) groups is 2. The highest BCUT2D eigenvalue weighted by Crippen LogP contribution is 2.11. The van der Waals surface area contributed by atoms with Gasteiger partial charge in [0.1, 0.15) is 11.7 Å². The van der Waals surface area contributed by atoms with E-state index in [0.717, 1.165) is 11.3 Å². The molecule has 0 radical (unpaired) electrons. The molecule has 2 aromatic heterocycles. The number of aryl methyl sites for hydroxylation is 1. The predicted octanol–water partition coefficient (Wildman–Crippen LogP) is 2.46. The fourth-order valence-electron chi connectivity index (χ4n) is 2.58. The Labute approximate surface area is 157 Å². The van der Waals surface area contributed by atoms with Crippen molar-refractivity contribution in [2.24, 2.45) is 0 Å². The summed E-state index contributed by atoms with van der Waals surface area (Å²) in [6, 6.07) is 14.4. The molecule has 0 saturated carbocycles. The Balaban J connectivity index is 1.58. The SMILES string of the molecule is Cc1ncccc1NC(=O)[C@H](C)NC(=O)c1cc(Cc2ccccc2)[nH]n1. The van der Waals surface area contributed by atoms with E-state index in [2.05, 4.69) is 25.8 Å². The van der Waals surface area contributed by atoms with E-state index in [0.29, 0.717) is 17.8 Å². The van der Waals surface area contributed by atoms with E-state index in [-0.39, 0.29) is 11.6 Å². The van der Waals surface area contributed by atoms with Gasteiger partial charge in [-0.25, -0.2) is 0 Å². The molecule has 1 aromatic carbocycles. The molecule has 2 heterocycles. The summed E-state index contributed by atoms with van der Waals surface area (Å²) in [5.41, 5.74) is 3.52. The Bertz CT molecular complexity index is 936. The van der Waals surface area contributed by atoms with E-state index in [9.17, 15) is 9.59 Å². The van der Waals surface area contributed by atoms with Crippen LogP contribution in [0.4, 0.5) is 5.69 Å². The van der Waals surface area contributed by atoms with Gasteiger partial charge in [-0.1, -0.05) is 30.3 Å². The number of hydrogen-bond acceptors (Lipinski definition) is 4. The smallest absolute Gasteiger partial charge is 0.272 e. The summed E-state index contributed by atoms with van der Waals surface area (Å²) in [6.45, 7) is 3.42. The molecule has 0 unspecified atom stereocenters. The van der Waals surface area contributed by atoms with E-state index in [1.807, 2.05) is 30.3 Å². The Morgan fingerprint density at radius 2 is 1.93 bits per heavy atom. The highest BCUT2D eigenvalue weighted by molar-refractivity contribution is 6.00. The third kappa shape index (κ3) is 4.78. The van der Waals surface area contributed by atoms with Crippen molar-refractivity contribution < 1.29 is 9.59 Å². The molecule has 1 atom stereocenters. The maximum absolute atomic E-state index is 12.4. The number of hydrogen-bond donors (Lipinski definition) is 3. The summed E-state index contributed by atoms with van der Waals surface area (Å²) in [5.74, 6) is -0.726. The van der Waals surface area contributed by atoms with E-state index in [4.69, 9.17) is 0 Å². The van der Waals surface area contributed by atoms with Crippen molar-refractivity contribution in [1.29, 1.82) is 0 Å². The van der Waals surface area contributed by atoms with Crippen molar-refractivity contribution >= 4 is 17.5 Å². The van der Waals surface area contributed by atoms with Crippen LogP contribution in [0.3, 0.4) is 0 Å². The maximum atomic E-state index is 12.4. The van der Waals surface area contributed by atoms with Crippen LogP contribution in [0.25, 0.3) is 0 Å². The van der Waals surface area contributed by atoms with Crippen LogP contribution in [-0.4, -0.2) is 33.0 Å². The van der Waals surface area contributed by atoms with Gasteiger partial charge >= 0.3 is 0 Å². The quantitative estimate of drug-likeness (QED) is 0.626. The molecule has 0 aliphatic rings. The number of H-pyrrole nitrogens is 1. The molecule has 0 bridgehead atoms. The zero-order valence-corrected chi connectivity index (χ0v) is 15.2. The summed E-state index contributed by atoms with van der Waals surface area (Å²) in [4.78, 5) is 28.8. The zero-order valence-electron chi connectivity index (χ0n) is 15.2. The third-order valence-corrected chi connectivity index (χ3v) is 4.11. The van der Waals surface area contributed by atoms with Crippen molar-refractivity contribution in [3.63, 3.8) is 0 Å². The molecule has 3 aromatic rings. The van der Waals surface area contributed by atoms with E-state index < -0.39 is 11.9 Å². The number of nitrogens with zero attached hydrogens (tertiary/aromatic N) is 2. The topological polar surface area (TPSA) is 99.8 Å². The number of rotatable bonds is 6. The molecular formula is C20H21N5O2. The number of benzene rings is 1. The van der Waals surface area contributed by atoms with Crippen LogP contribution >= 0.6 is 0 Å². The van der Waals surface area contributed by atoms with Crippen molar-refractivity contribution in [2.75, 3.05) is 5.32 Å². The molecule has 0 aliphatic heterocycles. The van der Waals surface area contributed by atoms with Crippen LogP contribution in [0.2, 0.25) is 0 Å². The standard InChI is InChI=1S/C20H21N5O2/c1-13-17(9-6-10-21-13)23-19(26)14(2)22-20(27)18-12-16(24-25-18)11-15-7-4-3-5-8-15/h3-10,12,14H,11H2,1-2H3,(H,22,27)(H,23,26)(H,24,25)/t14-/m0/s1. The highest BCUT2D eigenvalue weighted by atomic mass is 16.2. The fourth-order valence-corrected chi connectivity index (χ4v) is 2.58. The highest BCUT2D eigenvalue weighted by Gasteiger charge is 2.19. The monoisotopic (exact) mass is 363 g/mol. The Morgan fingerprint density at radius 1 is 1.15 bits per heavy atom. The van der Waals surface area contributed by atoms with Gasteiger partial charge < -0.3 is 10.6 Å². The largest absolute Gasteiger partial charge is 0.339 e. The van der Waals surface area contributed by atoms with Crippen LogP contribution in [0.5, 0.6) is 0 Å². The van der Waals surface area contributed by atoms with Gasteiger partial charge in [0.25, 0.3) is 5.91 Å². The van der Waals surface area contributed by atoms with Gasteiger partial charge in [-0.3, -0.25) is 19.7 Å². The number of carbonyl (C=O) groups excluding carboxylic acids is 2. The van der Waals surface area contributed by atoms with Gasteiger partial charge in [0.15, 0.2) is 0 Å². The van der Waals surface area contributed by atoms with Gasteiger partial charge in [-0.15, -0.1) is 0 Å². The van der Waals surface area contributed by atoms with Crippen molar-refractivity contribution in [3.8, 4) is 0 Å². The van der Waals surface area contributed by atoms with Crippen molar-refractivity contribution in [3.05, 3.63) is 77.4 Å². The molecule has 3 rings (SSSR count). The van der Waals surface area contributed by atoms with Gasteiger partial charge in [-0.2, -0.15) is 5.10 Å². The minimum Gasteiger partial charge on any atom is -0.339 e. The maximum Gasteiger partial charge on any atom is 0.272 e. The van der Waals surface area contributed by atoms with Gasteiger partial charge in [0, 0.05) is 18.3 Å². The number of anilines is 1. The van der Waals surface area contributed by atoms with Crippen molar-refractivity contribution in [2.45, 2.75) is 26.3 Å². The zero-order chi connectivity index (χ0) is 19.2. The van der Waals surface area contributed by atoms with E-state index >= 15 is 0 Å². The average molecular weight is 363 g/mol. The van der Waals surface area contributed by atoms with Crippen LogP contribution in [0, 0.1) is 6.92 Å². The summed E-state index contributed by atoms with van der Waals surface area (Å²) in [7, 11) is 0. The van der Waals surface area contributed by atoms with Gasteiger partial charge in [0.2, 0.25) is 5.91 Å². The van der Waals surface area contributed by atoms with Crippen LogP contribution in [0.15, 0.2) is 54.7 Å². The van der Waals surface area contributed by atoms with Crippen LogP contribution in [-0.2, 0) is 11.2 Å². The molecular weight excluding hydrogens is 342 g/mol. The summed E-state index contributed by atoms with van der Waals surface area (Å²) >= 11 is 0. The van der Waals surface area contributed by atoms with E-state index in [1.165, 1.54) is 0 Å². The van der Waals surface area contributed by atoms with Crippen LogP contribution in [0.1, 0.15) is 34.4 Å². The summed E-state index contributed by atoms with van der Waals surface area (Å²) in [5, 5.41) is 12.3. The fraction of sp³-hybridized carbons (Fsp3) is 0.200. The first-order valence-corrected chi connectivity index (χ1v) is 8.64. The number of amides is 2. The minimum absolute atomic E-state index is 0.248.